The normalized spacial score (nSPS) is 11.9. The number of hydrogen-bond donors (Lipinski definition) is 1. The van der Waals surface area contributed by atoms with Crippen molar-refractivity contribution in [3.63, 3.8) is 0 Å². The summed E-state index contributed by atoms with van der Waals surface area (Å²) in [6, 6.07) is 11.8. The molecule has 1 N–H and O–H groups in total. The lowest BCUT2D eigenvalue weighted by molar-refractivity contribution is -0.121. The second-order valence-electron chi connectivity index (χ2n) is 4.71. The van der Waals surface area contributed by atoms with E-state index in [1.807, 2.05) is 48.7 Å². The molecule has 2 rings (SSSR count). The van der Waals surface area contributed by atoms with Gasteiger partial charge in [0.05, 0.1) is 12.6 Å². The van der Waals surface area contributed by atoms with E-state index in [1.54, 1.807) is 11.3 Å². The van der Waals surface area contributed by atoms with Crippen LogP contribution in [-0.2, 0) is 4.79 Å². The van der Waals surface area contributed by atoms with Gasteiger partial charge in [0.15, 0.2) is 0 Å². The Morgan fingerprint density at radius 3 is 2.95 bits per heavy atom. The first-order chi connectivity index (χ1) is 10.1. The maximum atomic E-state index is 11.8. The summed E-state index contributed by atoms with van der Waals surface area (Å²) in [6.45, 7) is 2.54. The van der Waals surface area contributed by atoms with Crippen molar-refractivity contribution < 1.29 is 9.53 Å². The number of thiophene rings is 1. The molecule has 1 atom stereocenters. The van der Waals surface area contributed by atoms with Crippen molar-refractivity contribution in [1.82, 2.24) is 5.32 Å². The van der Waals surface area contributed by atoms with Crippen LogP contribution in [0.4, 0.5) is 0 Å². The molecule has 0 saturated heterocycles. The van der Waals surface area contributed by atoms with E-state index >= 15 is 0 Å². The fraction of sp³-hybridized carbons (Fsp3) is 0.312. The monoisotopic (exact) mass is 367 g/mol. The maximum Gasteiger partial charge on any atom is 0.220 e. The number of carbonyl (C=O) groups is 1. The predicted octanol–water partition coefficient (Wildman–Crippen LogP) is 4.55. The number of halogens is 1. The predicted molar refractivity (Wildman–Crippen MR) is 89.7 cm³/mol. The number of carbonyl (C=O) groups excluding carboxylic acids is 1. The van der Waals surface area contributed by atoms with Crippen molar-refractivity contribution in [1.29, 1.82) is 0 Å². The first kappa shape index (κ1) is 16.0. The molecule has 21 heavy (non-hydrogen) atoms. The van der Waals surface area contributed by atoms with Gasteiger partial charge in [0, 0.05) is 15.8 Å². The highest BCUT2D eigenvalue weighted by atomic mass is 79.9. The number of ether oxygens (including phenoxy) is 1. The molecule has 0 radical (unpaired) electrons. The van der Waals surface area contributed by atoms with Crippen LogP contribution in [0.5, 0.6) is 5.75 Å². The molecule has 0 bridgehead atoms. The Balaban J connectivity index is 1.65. The third-order valence-corrected chi connectivity index (χ3v) is 4.51. The van der Waals surface area contributed by atoms with Crippen LogP contribution < -0.4 is 10.1 Å². The molecule has 0 aliphatic rings. The molecule has 0 fully saturated rings. The van der Waals surface area contributed by atoms with Gasteiger partial charge in [-0.05, 0) is 43.0 Å². The summed E-state index contributed by atoms with van der Waals surface area (Å²) >= 11 is 5.05. The summed E-state index contributed by atoms with van der Waals surface area (Å²) in [7, 11) is 0. The van der Waals surface area contributed by atoms with Crippen molar-refractivity contribution in [3.8, 4) is 5.75 Å². The Hall–Kier alpha value is -1.33. The Kier molecular flexibility index (Phi) is 6.26. The van der Waals surface area contributed by atoms with E-state index in [0.29, 0.717) is 19.4 Å². The number of nitrogens with one attached hydrogen (secondary N) is 1. The Morgan fingerprint density at radius 2 is 2.24 bits per heavy atom. The van der Waals surface area contributed by atoms with Crippen LogP contribution in [0, 0.1) is 0 Å². The lowest BCUT2D eigenvalue weighted by atomic mass is 10.2. The maximum absolute atomic E-state index is 11.8. The molecule has 1 amide bonds. The van der Waals surface area contributed by atoms with Crippen molar-refractivity contribution >= 4 is 33.2 Å². The molecular formula is C16H18BrNO2S. The van der Waals surface area contributed by atoms with E-state index in [1.165, 1.54) is 4.88 Å². The van der Waals surface area contributed by atoms with Crippen molar-refractivity contribution in [2.45, 2.75) is 25.8 Å². The van der Waals surface area contributed by atoms with Gasteiger partial charge in [-0.3, -0.25) is 4.79 Å². The van der Waals surface area contributed by atoms with Crippen LogP contribution in [-0.4, -0.2) is 12.5 Å². The average Bonchev–Trinajstić information content (AvgIpc) is 2.98. The van der Waals surface area contributed by atoms with Gasteiger partial charge in [-0.1, -0.05) is 28.1 Å². The second-order valence-corrected chi connectivity index (χ2v) is 6.61. The molecule has 2 aromatic rings. The zero-order valence-electron chi connectivity index (χ0n) is 11.8. The molecule has 3 nitrogen and oxygen atoms in total. The summed E-state index contributed by atoms with van der Waals surface area (Å²) in [5.74, 6) is 0.880. The topological polar surface area (TPSA) is 38.3 Å². The third kappa shape index (κ3) is 5.52. The van der Waals surface area contributed by atoms with Gasteiger partial charge in [-0.2, -0.15) is 0 Å². The first-order valence-corrected chi connectivity index (χ1v) is 8.53. The highest BCUT2D eigenvalue weighted by Gasteiger charge is 2.09. The summed E-state index contributed by atoms with van der Waals surface area (Å²) < 4.78 is 6.59. The third-order valence-electron chi connectivity index (χ3n) is 2.96. The summed E-state index contributed by atoms with van der Waals surface area (Å²) in [5, 5.41) is 5.02. The Morgan fingerprint density at radius 1 is 1.38 bits per heavy atom. The average molecular weight is 368 g/mol. The van der Waals surface area contributed by atoms with Gasteiger partial charge in [-0.15, -0.1) is 11.3 Å². The van der Waals surface area contributed by atoms with Gasteiger partial charge in [0.2, 0.25) is 5.91 Å². The van der Waals surface area contributed by atoms with Crippen LogP contribution in [0.2, 0.25) is 0 Å². The largest absolute Gasteiger partial charge is 0.494 e. The fourth-order valence-electron chi connectivity index (χ4n) is 1.90. The second kappa shape index (κ2) is 8.20. The molecule has 0 spiro atoms. The van der Waals surface area contributed by atoms with Crippen LogP contribution in [0.15, 0.2) is 46.3 Å². The van der Waals surface area contributed by atoms with Gasteiger partial charge in [0.1, 0.15) is 5.75 Å². The van der Waals surface area contributed by atoms with E-state index in [4.69, 9.17) is 4.74 Å². The van der Waals surface area contributed by atoms with Crippen molar-refractivity contribution in [2.75, 3.05) is 6.61 Å². The van der Waals surface area contributed by atoms with Crippen molar-refractivity contribution in [2.24, 2.45) is 0 Å². The smallest absolute Gasteiger partial charge is 0.220 e. The molecule has 5 heteroatoms. The molecule has 0 aliphatic heterocycles. The zero-order chi connectivity index (χ0) is 15.1. The van der Waals surface area contributed by atoms with Crippen molar-refractivity contribution in [3.05, 3.63) is 51.1 Å². The molecule has 1 aromatic heterocycles. The van der Waals surface area contributed by atoms with Crippen LogP contribution >= 0.6 is 27.3 Å². The molecule has 1 aromatic carbocycles. The number of benzene rings is 1. The van der Waals surface area contributed by atoms with E-state index in [9.17, 15) is 4.79 Å². The number of rotatable bonds is 7. The van der Waals surface area contributed by atoms with E-state index in [2.05, 4.69) is 21.2 Å². The van der Waals surface area contributed by atoms with Gasteiger partial charge < -0.3 is 10.1 Å². The highest BCUT2D eigenvalue weighted by molar-refractivity contribution is 9.10. The highest BCUT2D eigenvalue weighted by Crippen LogP contribution is 2.19. The van der Waals surface area contributed by atoms with Crippen LogP contribution in [0.1, 0.15) is 30.7 Å². The first-order valence-electron chi connectivity index (χ1n) is 6.86. The SMILES string of the molecule is CC(NC(=O)CCCOc1cccc(Br)c1)c1cccs1. The zero-order valence-corrected chi connectivity index (χ0v) is 14.2. The standard InChI is InChI=1S/C16H18BrNO2S/c1-12(15-7-4-10-21-15)18-16(19)8-3-9-20-14-6-2-5-13(17)11-14/h2,4-7,10-12H,3,8-9H2,1H3,(H,18,19). The van der Waals surface area contributed by atoms with E-state index in [-0.39, 0.29) is 11.9 Å². The molecule has 0 aliphatic carbocycles. The Labute approximate surface area is 137 Å². The minimum atomic E-state index is 0.0637. The Bertz CT molecular complexity index is 571. The quantitative estimate of drug-likeness (QED) is 0.729. The molecule has 112 valence electrons. The van der Waals surface area contributed by atoms with Crippen LogP contribution in [0.25, 0.3) is 0 Å². The molecule has 0 saturated carbocycles. The molecular weight excluding hydrogens is 350 g/mol. The lowest BCUT2D eigenvalue weighted by Gasteiger charge is -2.12. The molecule has 1 unspecified atom stereocenters. The minimum absolute atomic E-state index is 0.0637. The number of amides is 1. The number of hydrogen-bond acceptors (Lipinski definition) is 3. The summed E-state index contributed by atoms with van der Waals surface area (Å²) in [6.07, 6.45) is 1.18. The summed E-state index contributed by atoms with van der Waals surface area (Å²) in [5.41, 5.74) is 0. The molecule has 1 heterocycles. The summed E-state index contributed by atoms with van der Waals surface area (Å²) in [4.78, 5) is 13.0. The van der Waals surface area contributed by atoms with Crippen LogP contribution in [0.3, 0.4) is 0 Å². The lowest BCUT2D eigenvalue weighted by Crippen LogP contribution is -2.26. The van der Waals surface area contributed by atoms with Gasteiger partial charge in [-0.25, -0.2) is 0 Å². The fourth-order valence-corrected chi connectivity index (χ4v) is 3.01. The van der Waals surface area contributed by atoms with Gasteiger partial charge >= 0.3 is 0 Å². The van der Waals surface area contributed by atoms with E-state index in [0.717, 1.165) is 10.2 Å². The van der Waals surface area contributed by atoms with Gasteiger partial charge in [0.25, 0.3) is 0 Å². The minimum Gasteiger partial charge on any atom is -0.494 e. The van der Waals surface area contributed by atoms with E-state index < -0.39 is 0 Å².